The SMILES string of the molecule is COc1ccc(N2C(=O)C3=C(C(C(C)C)=NCCN3C)C2c2ccc(C)cc2)cc1. The fourth-order valence-corrected chi connectivity index (χ4v) is 4.32. The van der Waals surface area contributed by atoms with Crippen LogP contribution in [-0.4, -0.2) is 43.8 Å². The summed E-state index contributed by atoms with van der Waals surface area (Å²) in [6.45, 7) is 7.82. The number of likely N-dealkylation sites (N-methyl/N-ethyl adjacent to an activating group) is 1. The molecular weight excluding hydrogens is 374 g/mol. The maximum Gasteiger partial charge on any atom is 0.275 e. The first-order valence-electron chi connectivity index (χ1n) is 10.5. The van der Waals surface area contributed by atoms with Crippen molar-refractivity contribution in [3.63, 3.8) is 0 Å². The molecule has 1 amide bonds. The molecular formula is C25H29N3O2. The van der Waals surface area contributed by atoms with E-state index in [1.165, 1.54) is 5.56 Å². The van der Waals surface area contributed by atoms with Crippen LogP contribution in [0.1, 0.15) is 31.0 Å². The largest absolute Gasteiger partial charge is 0.497 e. The van der Waals surface area contributed by atoms with Crippen molar-refractivity contribution in [3.05, 3.63) is 70.9 Å². The highest BCUT2D eigenvalue weighted by Crippen LogP contribution is 2.44. The van der Waals surface area contributed by atoms with Gasteiger partial charge in [0.05, 0.1) is 19.7 Å². The number of aryl methyl sites for hydroxylation is 1. The maximum absolute atomic E-state index is 13.8. The molecule has 0 aliphatic carbocycles. The number of hydrogen-bond acceptors (Lipinski definition) is 4. The number of hydrogen-bond donors (Lipinski definition) is 0. The summed E-state index contributed by atoms with van der Waals surface area (Å²) in [7, 11) is 3.64. The first kappa shape index (κ1) is 20.2. The second-order valence-electron chi connectivity index (χ2n) is 8.29. The first-order valence-corrected chi connectivity index (χ1v) is 10.5. The van der Waals surface area contributed by atoms with Crippen molar-refractivity contribution < 1.29 is 9.53 Å². The van der Waals surface area contributed by atoms with Crippen molar-refractivity contribution in [1.82, 2.24) is 4.90 Å². The van der Waals surface area contributed by atoms with Gasteiger partial charge in [0.25, 0.3) is 5.91 Å². The van der Waals surface area contributed by atoms with E-state index in [1.54, 1.807) is 7.11 Å². The summed E-state index contributed by atoms with van der Waals surface area (Å²) in [6.07, 6.45) is 0. The van der Waals surface area contributed by atoms with Crippen molar-refractivity contribution in [3.8, 4) is 5.75 Å². The van der Waals surface area contributed by atoms with Crippen LogP contribution in [0.3, 0.4) is 0 Å². The van der Waals surface area contributed by atoms with Crippen LogP contribution in [0.15, 0.2) is 64.8 Å². The number of amides is 1. The Balaban J connectivity index is 1.92. The molecule has 0 saturated carbocycles. The fraction of sp³-hybridized carbons (Fsp3) is 0.360. The van der Waals surface area contributed by atoms with Crippen LogP contribution in [0.4, 0.5) is 5.69 Å². The Morgan fingerprint density at radius 2 is 1.73 bits per heavy atom. The van der Waals surface area contributed by atoms with Crippen LogP contribution in [0, 0.1) is 12.8 Å². The third kappa shape index (κ3) is 3.38. The number of ether oxygens (including phenoxy) is 1. The molecule has 2 aliphatic heterocycles. The molecule has 0 bridgehead atoms. The number of rotatable bonds is 4. The van der Waals surface area contributed by atoms with Gasteiger partial charge in [-0.15, -0.1) is 0 Å². The Morgan fingerprint density at radius 3 is 2.33 bits per heavy atom. The molecule has 5 heteroatoms. The van der Waals surface area contributed by atoms with Crippen LogP contribution >= 0.6 is 0 Å². The molecule has 2 aliphatic rings. The minimum Gasteiger partial charge on any atom is -0.497 e. The van der Waals surface area contributed by atoms with Gasteiger partial charge in [-0.1, -0.05) is 43.7 Å². The molecule has 2 aromatic rings. The lowest BCUT2D eigenvalue weighted by Crippen LogP contribution is -2.34. The lowest BCUT2D eigenvalue weighted by molar-refractivity contribution is -0.116. The van der Waals surface area contributed by atoms with Crippen molar-refractivity contribution in [1.29, 1.82) is 0 Å². The van der Waals surface area contributed by atoms with Crippen molar-refractivity contribution in [2.24, 2.45) is 10.9 Å². The van der Waals surface area contributed by atoms with Gasteiger partial charge in [-0.05, 0) is 42.7 Å². The lowest BCUT2D eigenvalue weighted by atomic mass is 9.89. The number of aliphatic imine (C=N–C) groups is 1. The van der Waals surface area contributed by atoms with Crippen LogP contribution in [0.2, 0.25) is 0 Å². The molecule has 30 heavy (non-hydrogen) atoms. The smallest absolute Gasteiger partial charge is 0.275 e. The molecule has 2 aromatic carbocycles. The highest BCUT2D eigenvalue weighted by molar-refractivity contribution is 6.19. The zero-order valence-corrected chi connectivity index (χ0v) is 18.3. The van der Waals surface area contributed by atoms with E-state index < -0.39 is 0 Å². The summed E-state index contributed by atoms with van der Waals surface area (Å²) in [5.74, 6) is 1.03. The molecule has 1 unspecified atom stereocenters. The molecule has 1 atom stereocenters. The molecule has 0 fully saturated rings. The Labute approximate surface area is 178 Å². The predicted molar refractivity (Wildman–Crippen MR) is 121 cm³/mol. The summed E-state index contributed by atoms with van der Waals surface area (Å²) in [4.78, 5) is 22.7. The highest BCUT2D eigenvalue weighted by atomic mass is 16.5. The van der Waals surface area contributed by atoms with Crippen LogP contribution < -0.4 is 9.64 Å². The van der Waals surface area contributed by atoms with E-state index in [4.69, 9.17) is 9.73 Å². The van der Waals surface area contributed by atoms with E-state index in [1.807, 2.05) is 36.2 Å². The summed E-state index contributed by atoms with van der Waals surface area (Å²) >= 11 is 0. The minimum atomic E-state index is -0.205. The Hall–Kier alpha value is -3.08. The van der Waals surface area contributed by atoms with Crippen LogP contribution in [-0.2, 0) is 4.79 Å². The van der Waals surface area contributed by atoms with E-state index in [0.29, 0.717) is 6.54 Å². The maximum atomic E-state index is 13.8. The molecule has 156 valence electrons. The minimum absolute atomic E-state index is 0.0264. The van der Waals surface area contributed by atoms with E-state index in [2.05, 4.69) is 49.9 Å². The lowest BCUT2D eigenvalue weighted by Gasteiger charge is -2.29. The Morgan fingerprint density at radius 1 is 1.07 bits per heavy atom. The van der Waals surface area contributed by atoms with E-state index in [9.17, 15) is 4.79 Å². The van der Waals surface area contributed by atoms with Gasteiger partial charge in [0.2, 0.25) is 0 Å². The zero-order chi connectivity index (χ0) is 21.4. The summed E-state index contributed by atoms with van der Waals surface area (Å²) in [5.41, 5.74) is 5.98. The molecule has 0 saturated heterocycles. The summed E-state index contributed by atoms with van der Waals surface area (Å²) in [5, 5.41) is 0. The zero-order valence-electron chi connectivity index (χ0n) is 18.3. The van der Waals surface area contributed by atoms with Gasteiger partial charge in [-0.3, -0.25) is 14.7 Å². The number of nitrogens with zero attached hydrogens (tertiary/aromatic N) is 3. The third-order valence-electron chi connectivity index (χ3n) is 5.87. The standard InChI is InChI=1S/C25H29N3O2/c1-16(2)22-21-23(18-8-6-17(3)7-9-18)28(19-10-12-20(30-5)13-11-19)25(29)24(21)27(4)15-14-26-22/h6-13,16,23H,14-15H2,1-5H3. The van der Waals surface area contributed by atoms with Gasteiger partial charge >= 0.3 is 0 Å². The average molecular weight is 404 g/mol. The topological polar surface area (TPSA) is 45.1 Å². The van der Waals surface area contributed by atoms with Crippen molar-refractivity contribution in [2.75, 3.05) is 32.1 Å². The molecule has 0 spiro atoms. The van der Waals surface area contributed by atoms with Gasteiger partial charge < -0.3 is 9.64 Å². The van der Waals surface area contributed by atoms with Gasteiger partial charge in [0.15, 0.2) is 0 Å². The highest BCUT2D eigenvalue weighted by Gasteiger charge is 2.45. The number of benzene rings is 2. The monoisotopic (exact) mass is 403 g/mol. The van der Waals surface area contributed by atoms with Crippen molar-refractivity contribution >= 4 is 17.3 Å². The quantitative estimate of drug-likeness (QED) is 0.761. The average Bonchev–Trinajstić information content (AvgIpc) is 2.92. The fourth-order valence-electron chi connectivity index (χ4n) is 4.32. The van der Waals surface area contributed by atoms with Gasteiger partial charge in [-0.2, -0.15) is 0 Å². The molecule has 4 rings (SSSR count). The molecule has 0 radical (unpaired) electrons. The van der Waals surface area contributed by atoms with Gasteiger partial charge in [0, 0.05) is 30.6 Å². The van der Waals surface area contributed by atoms with E-state index >= 15 is 0 Å². The summed E-state index contributed by atoms with van der Waals surface area (Å²) in [6, 6.07) is 16.0. The normalized spacial score (nSPS) is 19.2. The predicted octanol–water partition coefficient (Wildman–Crippen LogP) is 4.39. The van der Waals surface area contributed by atoms with Crippen LogP contribution in [0.25, 0.3) is 0 Å². The summed E-state index contributed by atoms with van der Waals surface area (Å²) < 4.78 is 5.32. The van der Waals surface area contributed by atoms with Gasteiger partial charge in [-0.25, -0.2) is 0 Å². The Bertz CT molecular complexity index is 1000. The molecule has 0 N–H and O–H groups in total. The second-order valence-corrected chi connectivity index (χ2v) is 8.29. The van der Waals surface area contributed by atoms with E-state index in [0.717, 1.165) is 40.5 Å². The number of methoxy groups -OCH3 is 1. The van der Waals surface area contributed by atoms with Gasteiger partial charge in [0.1, 0.15) is 11.4 Å². The first-order chi connectivity index (χ1) is 14.4. The molecule has 5 nitrogen and oxygen atoms in total. The van der Waals surface area contributed by atoms with Crippen molar-refractivity contribution in [2.45, 2.75) is 26.8 Å². The Kier molecular flexibility index (Phi) is 5.37. The third-order valence-corrected chi connectivity index (χ3v) is 5.87. The number of carbonyl (C=O) groups excluding carboxylic acids is 1. The number of anilines is 1. The molecule has 2 heterocycles. The molecule has 0 aromatic heterocycles. The second kappa shape index (κ2) is 7.98. The van der Waals surface area contributed by atoms with Crippen LogP contribution in [0.5, 0.6) is 5.75 Å². The van der Waals surface area contributed by atoms with E-state index in [-0.39, 0.29) is 17.9 Å². The number of carbonyl (C=O) groups is 1.